The molecule has 0 radical (unpaired) electrons. The number of nitrogen functional groups attached to an aromatic ring is 1. The maximum Gasteiger partial charge on any atom is 0.274 e. The predicted molar refractivity (Wildman–Crippen MR) is 72.9 cm³/mol. The molecule has 0 aliphatic carbocycles. The van der Waals surface area contributed by atoms with E-state index in [-0.39, 0.29) is 5.56 Å². The maximum atomic E-state index is 11.8. The van der Waals surface area contributed by atoms with Crippen LogP contribution in [0.4, 0.5) is 5.69 Å². The van der Waals surface area contributed by atoms with Gasteiger partial charge in [-0.25, -0.2) is 4.98 Å². The van der Waals surface area contributed by atoms with Gasteiger partial charge in [0.05, 0.1) is 0 Å². The minimum absolute atomic E-state index is 0.173. The molecule has 3 N–H and O–H groups in total. The van der Waals surface area contributed by atoms with Crippen LogP contribution in [0.3, 0.4) is 0 Å². The quantitative estimate of drug-likeness (QED) is 0.641. The molecular formula is C13H13N5O. The van der Waals surface area contributed by atoms with E-state index in [4.69, 9.17) is 5.73 Å². The van der Waals surface area contributed by atoms with E-state index in [0.717, 1.165) is 16.8 Å². The Balaban J connectivity index is 2.23. The fraction of sp³-hybridized carbons (Fsp3) is 0.154. The first-order chi connectivity index (χ1) is 9.04. The van der Waals surface area contributed by atoms with Crippen LogP contribution in [-0.4, -0.2) is 19.6 Å². The summed E-state index contributed by atoms with van der Waals surface area (Å²) >= 11 is 0. The van der Waals surface area contributed by atoms with Gasteiger partial charge in [0.2, 0.25) is 0 Å². The molecule has 3 aromatic rings. The summed E-state index contributed by atoms with van der Waals surface area (Å²) in [6, 6.07) is 7.06. The monoisotopic (exact) mass is 255 g/mol. The number of nitrogens with two attached hydrogens (primary N) is 1. The summed E-state index contributed by atoms with van der Waals surface area (Å²) in [5, 5.41) is 2.94. The van der Waals surface area contributed by atoms with Crippen LogP contribution >= 0.6 is 0 Å². The summed E-state index contributed by atoms with van der Waals surface area (Å²) in [4.78, 5) is 20.3. The van der Waals surface area contributed by atoms with Gasteiger partial charge in [0.15, 0.2) is 5.82 Å². The molecule has 3 rings (SSSR count). The number of aromatic nitrogens is 4. The van der Waals surface area contributed by atoms with E-state index in [1.165, 1.54) is 10.6 Å². The molecule has 0 aliphatic rings. The van der Waals surface area contributed by atoms with Crippen LogP contribution in [0.15, 0.2) is 29.1 Å². The molecule has 0 fully saturated rings. The normalized spacial score (nSPS) is 11.1. The zero-order chi connectivity index (χ0) is 13.6. The van der Waals surface area contributed by atoms with Crippen molar-refractivity contribution in [3.63, 3.8) is 0 Å². The molecule has 0 saturated carbocycles. The molecule has 6 nitrogen and oxygen atoms in total. The Morgan fingerprint density at radius 2 is 2.00 bits per heavy atom. The Kier molecular flexibility index (Phi) is 2.38. The van der Waals surface area contributed by atoms with Crippen LogP contribution in [0.2, 0.25) is 0 Å². The smallest absolute Gasteiger partial charge is 0.274 e. The van der Waals surface area contributed by atoms with Gasteiger partial charge in [0.25, 0.3) is 11.3 Å². The van der Waals surface area contributed by atoms with Gasteiger partial charge >= 0.3 is 0 Å². The molecule has 0 amide bonds. The summed E-state index contributed by atoms with van der Waals surface area (Å²) in [6.07, 6.45) is 0. The first kappa shape index (κ1) is 11.5. The molecular weight excluding hydrogens is 242 g/mol. The van der Waals surface area contributed by atoms with Crippen molar-refractivity contribution >= 4 is 11.5 Å². The van der Waals surface area contributed by atoms with E-state index >= 15 is 0 Å². The van der Waals surface area contributed by atoms with Gasteiger partial charge in [-0.05, 0) is 37.6 Å². The number of hydrogen-bond acceptors (Lipinski definition) is 4. The third kappa shape index (κ3) is 1.87. The zero-order valence-electron chi connectivity index (χ0n) is 10.6. The molecule has 0 aliphatic heterocycles. The molecule has 1 aromatic carbocycles. The van der Waals surface area contributed by atoms with E-state index in [2.05, 4.69) is 15.1 Å². The number of nitrogens with one attached hydrogen (secondary N) is 1. The SMILES string of the molecule is Cc1cc(=O)n2[nH]c(-c3ccc(N)c(C)c3)nc2n1. The Bertz CT molecular complexity index is 831. The van der Waals surface area contributed by atoms with Crippen molar-refractivity contribution in [1.29, 1.82) is 0 Å². The van der Waals surface area contributed by atoms with Crippen LogP contribution in [0.1, 0.15) is 11.3 Å². The van der Waals surface area contributed by atoms with Crippen molar-refractivity contribution < 1.29 is 0 Å². The Hall–Kier alpha value is -2.63. The second-order valence-electron chi connectivity index (χ2n) is 4.51. The molecule has 0 atom stereocenters. The zero-order valence-corrected chi connectivity index (χ0v) is 10.6. The molecule has 2 aromatic heterocycles. The topological polar surface area (TPSA) is 89.1 Å². The molecule has 19 heavy (non-hydrogen) atoms. The number of rotatable bonds is 1. The highest BCUT2D eigenvalue weighted by Gasteiger charge is 2.08. The summed E-state index contributed by atoms with van der Waals surface area (Å²) in [6.45, 7) is 3.69. The summed E-state index contributed by atoms with van der Waals surface area (Å²) in [5.74, 6) is 0.966. The van der Waals surface area contributed by atoms with Crippen molar-refractivity contribution in [3.05, 3.63) is 45.9 Å². The van der Waals surface area contributed by atoms with Gasteiger partial charge in [-0.3, -0.25) is 9.89 Å². The first-order valence-corrected chi connectivity index (χ1v) is 5.87. The van der Waals surface area contributed by atoms with E-state index in [9.17, 15) is 4.79 Å². The van der Waals surface area contributed by atoms with Crippen molar-refractivity contribution in [2.45, 2.75) is 13.8 Å². The van der Waals surface area contributed by atoms with E-state index in [1.54, 1.807) is 6.92 Å². The number of H-pyrrole nitrogens is 1. The first-order valence-electron chi connectivity index (χ1n) is 5.87. The average molecular weight is 255 g/mol. The van der Waals surface area contributed by atoms with Crippen LogP contribution in [0, 0.1) is 13.8 Å². The molecule has 6 heteroatoms. The number of nitrogens with zero attached hydrogens (tertiary/aromatic N) is 3. The standard InChI is InChI=1S/C13H13N5O/c1-7-5-9(3-4-10(7)14)12-16-13-15-8(2)6-11(19)18(13)17-12/h3-6H,14H2,1-2H3,(H,15,16,17). The Morgan fingerprint density at radius 3 is 2.74 bits per heavy atom. The minimum Gasteiger partial charge on any atom is -0.399 e. The lowest BCUT2D eigenvalue weighted by atomic mass is 10.1. The molecule has 0 bridgehead atoms. The lowest BCUT2D eigenvalue weighted by molar-refractivity contribution is 0.892. The summed E-state index contributed by atoms with van der Waals surface area (Å²) in [5.41, 5.74) is 8.83. The van der Waals surface area contributed by atoms with Crippen molar-refractivity contribution in [3.8, 4) is 11.4 Å². The summed E-state index contributed by atoms with van der Waals surface area (Å²) in [7, 11) is 0. The van der Waals surface area contributed by atoms with E-state index in [0.29, 0.717) is 17.3 Å². The maximum absolute atomic E-state index is 11.8. The number of aromatic amines is 1. The third-order valence-electron chi connectivity index (χ3n) is 3.00. The minimum atomic E-state index is -0.173. The highest BCUT2D eigenvalue weighted by molar-refractivity contribution is 5.63. The van der Waals surface area contributed by atoms with Crippen molar-refractivity contribution in [2.75, 3.05) is 5.73 Å². The van der Waals surface area contributed by atoms with Crippen LogP contribution in [-0.2, 0) is 0 Å². The number of fused-ring (bicyclic) bond motifs is 1. The second-order valence-corrected chi connectivity index (χ2v) is 4.51. The number of anilines is 1. The van der Waals surface area contributed by atoms with Gasteiger partial charge in [0, 0.05) is 23.0 Å². The molecule has 0 unspecified atom stereocenters. The fourth-order valence-electron chi connectivity index (χ4n) is 1.94. The second kappa shape index (κ2) is 3.94. The highest BCUT2D eigenvalue weighted by Crippen LogP contribution is 2.20. The van der Waals surface area contributed by atoms with E-state index in [1.807, 2.05) is 25.1 Å². The van der Waals surface area contributed by atoms with Gasteiger partial charge < -0.3 is 5.73 Å². The lowest BCUT2D eigenvalue weighted by Gasteiger charge is -2.01. The van der Waals surface area contributed by atoms with E-state index < -0.39 is 0 Å². The third-order valence-corrected chi connectivity index (χ3v) is 3.00. The number of aryl methyl sites for hydroxylation is 2. The molecule has 0 spiro atoms. The Labute approximate surface area is 108 Å². The van der Waals surface area contributed by atoms with Crippen LogP contribution < -0.4 is 11.3 Å². The molecule has 0 saturated heterocycles. The van der Waals surface area contributed by atoms with Gasteiger partial charge in [-0.15, -0.1) is 0 Å². The average Bonchev–Trinajstić information content (AvgIpc) is 2.76. The Morgan fingerprint density at radius 1 is 1.21 bits per heavy atom. The molecule has 96 valence electrons. The lowest BCUT2D eigenvalue weighted by Crippen LogP contribution is -2.14. The van der Waals surface area contributed by atoms with Crippen molar-refractivity contribution in [2.24, 2.45) is 0 Å². The fourth-order valence-corrected chi connectivity index (χ4v) is 1.94. The summed E-state index contributed by atoms with van der Waals surface area (Å²) < 4.78 is 1.33. The van der Waals surface area contributed by atoms with Gasteiger partial charge in [-0.1, -0.05) is 0 Å². The number of benzene rings is 1. The largest absolute Gasteiger partial charge is 0.399 e. The predicted octanol–water partition coefficient (Wildman–Crippen LogP) is 1.28. The number of hydrogen-bond donors (Lipinski definition) is 2. The van der Waals surface area contributed by atoms with Gasteiger partial charge in [0.1, 0.15) is 0 Å². The van der Waals surface area contributed by atoms with Crippen LogP contribution in [0.25, 0.3) is 17.2 Å². The van der Waals surface area contributed by atoms with Gasteiger partial charge in [-0.2, -0.15) is 9.50 Å². The van der Waals surface area contributed by atoms with Crippen molar-refractivity contribution in [1.82, 2.24) is 19.6 Å². The molecule has 2 heterocycles. The highest BCUT2D eigenvalue weighted by atomic mass is 16.1. The van der Waals surface area contributed by atoms with Crippen LogP contribution in [0.5, 0.6) is 0 Å².